The molecule has 0 bridgehead atoms. The van der Waals surface area contributed by atoms with E-state index in [1.54, 1.807) is 0 Å². The number of benzene rings is 1. The molecule has 3 rings (SSSR count). The SMILES string of the molecule is O=S(=O)(N[C@@H]1c2ccccc2C[C@@H]1O)c1cn[nH]c1. The number of hydrogen-bond donors (Lipinski definition) is 3. The Morgan fingerprint density at radius 2 is 2.16 bits per heavy atom. The Kier molecular flexibility index (Phi) is 2.89. The summed E-state index contributed by atoms with van der Waals surface area (Å²) < 4.78 is 26.8. The zero-order valence-electron chi connectivity index (χ0n) is 9.95. The molecule has 1 aliphatic rings. The first kappa shape index (κ1) is 12.3. The monoisotopic (exact) mass is 279 g/mol. The molecule has 0 saturated carbocycles. The number of aliphatic hydroxyl groups excluding tert-OH is 1. The fourth-order valence-corrected chi connectivity index (χ4v) is 3.49. The first-order valence-corrected chi connectivity index (χ1v) is 7.33. The molecule has 0 radical (unpaired) electrons. The average Bonchev–Trinajstić information content (AvgIpc) is 2.99. The van der Waals surface area contributed by atoms with Crippen LogP contribution in [0.1, 0.15) is 17.2 Å². The average molecular weight is 279 g/mol. The molecule has 2 atom stereocenters. The van der Waals surface area contributed by atoms with E-state index in [9.17, 15) is 13.5 Å². The van der Waals surface area contributed by atoms with E-state index in [-0.39, 0.29) is 4.90 Å². The molecule has 3 N–H and O–H groups in total. The third kappa shape index (κ3) is 2.16. The van der Waals surface area contributed by atoms with Crippen LogP contribution in [0.15, 0.2) is 41.6 Å². The first-order chi connectivity index (χ1) is 9.08. The van der Waals surface area contributed by atoms with Crippen LogP contribution in [0.2, 0.25) is 0 Å². The molecule has 0 unspecified atom stereocenters. The number of nitrogens with zero attached hydrogens (tertiary/aromatic N) is 1. The third-order valence-electron chi connectivity index (χ3n) is 3.27. The Bertz CT molecular complexity index is 682. The lowest BCUT2D eigenvalue weighted by Gasteiger charge is -2.17. The van der Waals surface area contributed by atoms with Gasteiger partial charge in [-0.05, 0) is 11.1 Å². The predicted octanol–water partition coefficient (Wildman–Crippen LogP) is 0.346. The molecule has 1 heterocycles. The van der Waals surface area contributed by atoms with E-state index in [1.165, 1.54) is 12.4 Å². The molecular formula is C12H13N3O3S. The quantitative estimate of drug-likeness (QED) is 0.755. The van der Waals surface area contributed by atoms with Gasteiger partial charge >= 0.3 is 0 Å². The molecule has 0 fully saturated rings. The van der Waals surface area contributed by atoms with Crippen molar-refractivity contribution in [3.63, 3.8) is 0 Å². The van der Waals surface area contributed by atoms with Crippen LogP contribution in [0, 0.1) is 0 Å². The van der Waals surface area contributed by atoms with E-state index in [0.29, 0.717) is 6.42 Å². The minimum absolute atomic E-state index is 0.0593. The second-order valence-electron chi connectivity index (χ2n) is 4.50. The lowest BCUT2D eigenvalue weighted by atomic mass is 10.1. The molecule has 100 valence electrons. The van der Waals surface area contributed by atoms with Crippen molar-refractivity contribution in [2.75, 3.05) is 0 Å². The molecule has 0 aliphatic heterocycles. The Morgan fingerprint density at radius 1 is 1.37 bits per heavy atom. The molecule has 19 heavy (non-hydrogen) atoms. The van der Waals surface area contributed by atoms with Gasteiger partial charge in [0.25, 0.3) is 0 Å². The summed E-state index contributed by atoms with van der Waals surface area (Å²) in [7, 11) is -3.68. The normalized spacial score (nSPS) is 22.4. The van der Waals surface area contributed by atoms with Gasteiger partial charge in [-0.3, -0.25) is 5.10 Å². The fourth-order valence-electron chi connectivity index (χ4n) is 2.34. The number of rotatable bonds is 3. The number of fused-ring (bicyclic) bond motifs is 1. The van der Waals surface area contributed by atoms with Gasteiger partial charge in [0, 0.05) is 12.6 Å². The van der Waals surface area contributed by atoms with Crippen LogP contribution < -0.4 is 4.72 Å². The van der Waals surface area contributed by atoms with Gasteiger partial charge in [0.2, 0.25) is 10.0 Å². The number of sulfonamides is 1. The largest absolute Gasteiger partial charge is 0.391 e. The second kappa shape index (κ2) is 4.44. The zero-order valence-corrected chi connectivity index (χ0v) is 10.8. The Labute approximate surface area is 110 Å². The molecule has 7 heteroatoms. The Hall–Kier alpha value is -1.70. The minimum Gasteiger partial charge on any atom is -0.391 e. The predicted molar refractivity (Wildman–Crippen MR) is 67.8 cm³/mol. The molecule has 6 nitrogen and oxygen atoms in total. The lowest BCUT2D eigenvalue weighted by molar-refractivity contribution is 0.151. The van der Waals surface area contributed by atoms with Gasteiger partial charge in [0.15, 0.2) is 0 Å². The van der Waals surface area contributed by atoms with Gasteiger partial charge in [-0.25, -0.2) is 13.1 Å². The van der Waals surface area contributed by atoms with Gasteiger partial charge in [0.05, 0.1) is 18.3 Å². The molecule has 0 amide bonds. The van der Waals surface area contributed by atoms with Crippen LogP contribution in [0.4, 0.5) is 0 Å². The molecule has 1 aromatic carbocycles. The zero-order chi connectivity index (χ0) is 13.5. The third-order valence-corrected chi connectivity index (χ3v) is 4.68. The molecule has 1 aliphatic carbocycles. The van der Waals surface area contributed by atoms with Crippen LogP contribution in [0.3, 0.4) is 0 Å². The standard InChI is InChI=1S/C12H13N3O3S/c16-11-5-8-3-1-2-4-10(8)12(11)15-19(17,18)9-6-13-14-7-9/h1-4,6-7,11-12,15-16H,5H2,(H,13,14)/t11-,12+/m0/s1. The Balaban J connectivity index is 1.92. The summed E-state index contributed by atoms with van der Waals surface area (Å²) in [5.41, 5.74) is 1.79. The number of nitrogens with one attached hydrogen (secondary N) is 2. The summed E-state index contributed by atoms with van der Waals surface area (Å²) in [6.45, 7) is 0. The van der Waals surface area contributed by atoms with Crippen molar-refractivity contribution < 1.29 is 13.5 Å². The highest BCUT2D eigenvalue weighted by molar-refractivity contribution is 7.89. The summed E-state index contributed by atoms with van der Waals surface area (Å²) in [4.78, 5) is 0.0593. The van der Waals surface area contributed by atoms with E-state index in [2.05, 4.69) is 14.9 Å². The fraction of sp³-hybridized carbons (Fsp3) is 0.250. The minimum atomic E-state index is -3.68. The van der Waals surface area contributed by atoms with Crippen molar-refractivity contribution in [3.05, 3.63) is 47.8 Å². The van der Waals surface area contributed by atoms with E-state index < -0.39 is 22.2 Å². The number of aromatic amines is 1. The first-order valence-electron chi connectivity index (χ1n) is 5.85. The van der Waals surface area contributed by atoms with Crippen molar-refractivity contribution in [3.8, 4) is 0 Å². The summed E-state index contributed by atoms with van der Waals surface area (Å²) in [5.74, 6) is 0. The van der Waals surface area contributed by atoms with Crippen molar-refractivity contribution in [2.45, 2.75) is 23.5 Å². The van der Waals surface area contributed by atoms with Crippen molar-refractivity contribution in [1.82, 2.24) is 14.9 Å². The smallest absolute Gasteiger partial charge is 0.244 e. The highest BCUT2D eigenvalue weighted by atomic mass is 32.2. The molecule has 1 aromatic heterocycles. The summed E-state index contributed by atoms with van der Waals surface area (Å²) in [5, 5.41) is 16.1. The van der Waals surface area contributed by atoms with Crippen LogP contribution >= 0.6 is 0 Å². The second-order valence-corrected chi connectivity index (χ2v) is 6.22. The number of H-pyrrole nitrogens is 1. The highest BCUT2D eigenvalue weighted by Gasteiger charge is 2.34. The van der Waals surface area contributed by atoms with E-state index >= 15 is 0 Å². The van der Waals surface area contributed by atoms with Crippen LogP contribution in [-0.4, -0.2) is 29.8 Å². The van der Waals surface area contributed by atoms with Gasteiger partial charge in [-0.15, -0.1) is 0 Å². The lowest BCUT2D eigenvalue weighted by Crippen LogP contribution is -2.33. The summed E-state index contributed by atoms with van der Waals surface area (Å²) in [6.07, 6.45) is 2.24. The van der Waals surface area contributed by atoms with Gasteiger partial charge in [0.1, 0.15) is 4.90 Å². The number of aromatic nitrogens is 2. The van der Waals surface area contributed by atoms with Crippen molar-refractivity contribution in [1.29, 1.82) is 0 Å². The molecular weight excluding hydrogens is 266 g/mol. The van der Waals surface area contributed by atoms with Crippen molar-refractivity contribution >= 4 is 10.0 Å². The maximum Gasteiger partial charge on any atom is 0.244 e. The van der Waals surface area contributed by atoms with E-state index in [4.69, 9.17) is 0 Å². The Morgan fingerprint density at radius 3 is 2.89 bits per heavy atom. The maximum absolute atomic E-state index is 12.1. The molecule has 0 spiro atoms. The van der Waals surface area contributed by atoms with Gasteiger partial charge in [-0.1, -0.05) is 24.3 Å². The molecule has 2 aromatic rings. The van der Waals surface area contributed by atoms with Crippen molar-refractivity contribution in [2.24, 2.45) is 0 Å². The number of aliphatic hydroxyl groups is 1. The highest BCUT2D eigenvalue weighted by Crippen LogP contribution is 2.32. The van der Waals surface area contributed by atoms with Gasteiger partial charge < -0.3 is 5.11 Å². The van der Waals surface area contributed by atoms with E-state index in [1.807, 2.05) is 24.3 Å². The van der Waals surface area contributed by atoms with Crippen LogP contribution in [-0.2, 0) is 16.4 Å². The topological polar surface area (TPSA) is 95.1 Å². The van der Waals surface area contributed by atoms with E-state index in [0.717, 1.165) is 11.1 Å². The summed E-state index contributed by atoms with van der Waals surface area (Å²) in [6, 6.07) is 6.81. The number of hydrogen-bond acceptors (Lipinski definition) is 4. The van der Waals surface area contributed by atoms with Crippen LogP contribution in [0.5, 0.6) is 0 Å². The maximum atomic E-state index is 12.1. The molecule has 0 saturated heterocycles. The summed E-state index contributed by atoms with van der Waals surface area (Å²) >= 11 is 0. The van der Waals surface area contributed by atoms with Gasteiger partial charge in [-0.2, -0.15) is 5.10 Å². The van der Waals surface area contributed by atoms with Crippen LogP contribution in [0.25, 0.3) is 0 Å².